The molecule has 0 saturated carbocycles. The summed E-state index contributed by atoms with van der Waals surface area (Å²) in [6.07, 6.45) is 2.39. The van der Waals surface area contributed by atoms with E-state index in [-0.39, 0.29) is 6.03 Å². The molecule has 6 nitrogen and oxygen atoms in total. The third-order valence-corrected chi connectivity index (χ3v) is 5.21. The molecule has 1 aromatic heterocycles. The van der Waals surface area contributed by atoms with E-state index in [2.05, 4.69) is 32.7 Å². The topological polar surface area (TPSA) is 70.2 Å². The number of urea groups is 1. The molecule has 0 bridgehead atoms. The van der Waals surface area contributed by atoms with Gasteiger partial charge in [-0.25, -0.2) is 4.79 Å². The number of rotatable bonds is 4. The fraction of sp³-hybridized carbons (Fsp3) is 0.261. The molecule has 6 heteroatoms. The van der Waals surface area contributed by atoms with Crippen LogP contribution in [0, 0.1) is 5.92 Å². The Bertz CT molecular complexity index is 951. The van der Waals surface area contributed by atoms with Gasteiger partial charge in [-0.15, -0.1) is 10.2 Å². The Kier molecular flexibility index (Phi) is 5.70. The monoisotopic (exact) mass is 387 g/mol. The smallest absolute Gasteiger partial charge is 0.323 e. The molecule has 4 rings (SSSR count). The van der Waals surface area contributed by atoms with Gasteiger partial charge in [0.1, 0.15) is 0 Å². The number of nitrogens with zero attached hydrogens (tertiary/aromatic N) is 3. The average Bonchev–Trinajstić information content (AvgIpc) is 2.75. The number of nitrogens with one attached hydrogen (secondary N) is 2. The van der Waals surface area contributed by atoms with Gasteiger partial charge in [0.15, 0.2) is 5.82 Å². The molecule has 2 amide bonds. The predicted molar refractivity (Wildman–Crippen MR) is 117 cm³/mol. The minimum atomic E-state index is -0.283. The lowest BCUT2D eigenvalue weighted by Crippen LogP contribution is -2.33. The molecule has 3 aromatic rings. The third kappa shape index (κ3) is 4.90. The van der Waals surface area contributed by atoms with Crippen LogP contribution in [0.3, 0.4) is 0 Å². The van der Waals surface area contributed by atoms with E-state index in [9.17, 15) is 4.79 Å². The second-order valence-electron chi connectivity index (χ2n) is 7.47. The minimum absolute atomic E-state index is 0.283. The van der Waals surface area contributed by atoms with Crippen molar-refractivity contribution < 1.29 is 4.79 Å². The average molecular weight is 387 g/mol. The number of amides is 2. The van der Waals surface area contributed by atoms with Crippen molar-refractivity contribution in [2.24, 2.45) is 5.92 Å². The number of piperidine rings is 1. The molecule has 1 aliphatic heterocycles. The maximum Gasteiger partial charge on any atom is 0.323 e. The molecule has 29 heavy (non-hydrogen) atoms. The number of carbonyl (C=O) groups excluding carboxylic acids is 1. The summed E-state index contributed by atoms with van der Waals surface area (Å²) in [6, 6.07) is 20.7. The summed E-state index contributed by atoms with van der Waals surface area (Å²) in [5.41, 5.74) is 3.14. The van der Waals surface area contributed by atoms with Crippen LogP contribution in [0.5, 0.6) is 0 Å². The Morgan fingerprint density at radius 2 is 1.62 bits per heavy atom. The maximum atomic E-state index is 12.2. The van der Waals surface area contributed by atoms with Gasteiger partial charge < -0.3 is 15.5 Å². The van der Waals surface area contributed by atoms with E-state index in [1.165, 1.54) is 12.8 Å². The van der Waals surface area contributed by atoms with Crippen molar-refractivity contribution in [3.05, 3.63) is 66.7 Å². The first kappa shape index (κ1) is 18.9. The molecular formula is C23H25N5O. The molecule has 0 aliphatic carbocycles. The fourth-order valence-corrected chi connectivity index (χ4v) is 3.46. The van der Waals surface area contributed by atoms with Gasteiger partial charge in [0.2, 0.25) is 0 Å². The third-order valence-electron chi connectivity index (χ3n) is 5.21. The highest BCUT2D eigenvalue weighted by molar-refractivity contribution is 6.00. The van der Waals surface area contributed by atoms with Gasteiger partial charge in [0.25, 0.3) is 0 Å². The lowest BCUT2D eigenvalue weighted by molar-refractivity contribution is 0.262. The van der Waals surface area contributed by atoms with Crippen LogP contribution in [0.25, 0.3) is 11.3 Å². The second kappa shape index (κ2) is 8.73. The van der Waals surface area contributed by atoms with Crippen molar-refractivity contribution in [3.63, 3.8) is 0 Å². The lowest BCUT2D eigenvalue weighted by Gasteiger charge is -2.30. The van der Waals surface area contributed by atoms with Crippen LogP contribution >= 0.6 is 0 Å². The van der Waals surface area contributed by atoms with Gasteiger partial charge in [0.05, 0.1) is 5.69 Å². The van der Waals surface area contributed by atoms with Crippen LogP contribution in [0.4, 0.5) is 22.0 Å². The number of hydrogen-bond acceptors (Lipinski definition) is 4. The Balaban J connectivity index is 1.42. The zero-order valence-corrected chi connectivity index (χ0v) is 16.5. The first-order valence-corrected chi connectivity index (χ1v) is 9.99. The zero-order chi connectivity index (χ0) is 20.1. The van der Waals surface area contributed by atoms with E-state index in [0.717, 1.165) is 41.8 Å². The number of carbonyl (C=O) groups is 1. The van der Waals surface area contributed by atoms with Gasteiger partial charge in [-0.05, 0) is 55.2 Å². The van der Waals surface area contributed by atoms with Gasteiger partial charge in [0, 0.05) is 30.0 Å². The molecule has 2 N–H and O–H groups in total. The van der Waals surface area contributed by atoms with Crippen molar-refractivity contribution in [2.75, 3.05) is 28.6 Å². The van der Waals surface area contributed by atoms with Crippen LogP contribution in [-0.2, 0) is 0 Å². The fourth-order valence-electron chi connectivity index (χ4n) is 3.46. The molecule has 1 saturated heterocycles. The van der Waals surface area contributed by atoms with E-state index in [4.69, 9.17) is 0 Å². The van der Waals surface area contributed by atoms with E-state index < -0.39 is 0 Å². The normalized spacial score (nSPS) is 14.4. The number of benzene rings is 2. The number of anilines is 3. The van der Waals surface area contributed by atoms with Crippen molar-refractivity contribution in [2.45, 2.75) is 19.8 Å². The summed E-state index contributed by atoms with van der Waals surface area (Å²) >= 11 is 0. The highest BCUT2D eigenvalue weighted by Crippen LogP contribution is 2.24. The van der Waals surface area contributed by atoms with Crippen LogP contribution in [0.2, 0.25) is 0 Å². The van der Waals surface area contributed by atoms with Gasteiger partial charge >= 0.3 is 6.03 Å². The molecule has 1 aliphatic rings. The van der Waals surface area contributed by atoms with Crippen LogP contribution in [-0.4, -0.2) is 29.3 Å². The molecule has 0 spiro atoms. The molecular weight excluding hydrogens is 362 g/mol. The molecule has 2 aromatic carbocycles. The Hall–Kier alpha value is -3.41. The first-order chi connectivity index (χ1) is 14.2. The van der Waals surface area contributed by atoms with Crippen molar-refractivity contribution in [1.29, 1.82) is 0 Å². The van der Waals surface area contributed by atoms with Gasteiger partial charge in [-0.1, -0.05) is 37.3 Å². The van der Waals surface area contributed by atoms with E-state index in [1.54, 1.807) is 0 Å². The number of hydrogen-bond donors (Lipinski definition) is 2. The standard InChI is InChI=1S/C23H25N5O/c1-17-12-14-28(15-13-17)22-11-10-21(26-27-22)18-6-5-9-20(16-18)25-23(29)24-19-7-3-2-4-8-19/h2-11,16-17H,12-15H2,1H3,(H2,24,25,29). The summed E-state index contributed by atoms with van der Waals surface area (Å²) in [5, 5.41) is 14.5. The number of para-hydroxylation sites is 1. The Morgan fingerprint density at radius 3 is 2.34 bits per heavy atom. The van der Waals surface area contributed by atoms with Crippen LogP contribution in [0.15, 0.2) is 66.7 Å². The number of aromatic nitrogens is 2. The molecule has 0 unspecified atom stereocenters. The van der Waals surface area contributed by atoms with E-state index in [1.807, 2.05) is 66.7 Å². The quantitative estimate of drug-likeness (QED) is 0.659. The summed E-state index contributed by atoms with van der Waals surface area (Å²) < 4.78 is 0. The summed E-state index contributed by atoms with van der Waals surface area (Å²) in [5.74, 6) is 1.71. The van der Waals surface area contributed by atoms with Gasteiger partial charge in [-0.2, -0.15) is 0 Å². The largest absolute Gasteiger partial charge is 0.355 e. The Labute approximate surface area is 171 Å². The van der Waals surface area contributed by atoms with Crippen molar-refractivity contribution in [3.8, 4) is 11.3 Å². The van der Waals surface area contributed by atoms with E-state index in [0.29, 0.717) is 5.69 Å². The first-order valence-electron chi connectivity index (χ1n) is 9.99. The molecule has 148 valence electrons. The predicted octanol–water partition coefficient (Wildman–Crippen LogP) is 5.02. The van der Waals surface area contributed by atoms with Crippen LogP contribution < -0.4 is 15.5 Å². The van der Waals surface area contributed by atoms with Crippen molar-refractivity contribution in [1.82, 2.24) is 10.2 Å². The highest BCUT2D eigenvalue weighted by Gasteiger charge is 2.17. The molecule has 0 radical (unpaired) electrons. The molecule has 1 fully saturated rings. The Morgan fingerprint density at radius 1 is 0.897 bits per heavy atom. The minimum Gasteiger partial charge on any atom is -0.355 e. The maximum absolute atomic E-state index is 12.2. The lowest BCUT2D eigenvalue weighted by atomic mass is 9.99. The van der Waals surface area contributed by atoms with Crippen molar-refractivity contribution >= 4 is 23.2 Å². The summed E-state index contributed by atoms with van der Waals surface area (Å²) in [4.78, 5) is 14.5. The van der Waals surface area contributed by atoms with Gasteiger partial charge in [-0.3, -0.25) is 0 Å². The second-order valence-corrected chi connectivity index (χ2v) is 7.47. The highest BCUT2D eigenvalue weighted by atomic mass is 16.2. The summed E-state index contributed by atoms with van der Waals surface area (Å²) in [6.45, 7) is 4.36. The molecule has 2 heterocycles. The SMILES string of the molecule is CC1CCN(c2ccc(-c3cccc(NC(=O)Nc4ccccc4)c3)nn2)CC1. The molecule has 0 atom stereocenters. The van der Waals surface area contributed by atoms with Crippen LogP contribution in [0.1, 0.15) is 19.8 Å². The zero-order valence-electron chi connectivity index (χ0n) is 16.5. The summed E-state index contributed by atoms with van der Waals surface area (Å²) in [7, 11) is 0. The van der Waals surface area contributed by atoms with E-state index >= 15 is 0 Å².